The molecule has 2 aliphatic rings. The molecular formula is C92H171NO13. The monoisotopic (exact) mass is 1500 g/mol. The Morgan fingerprint density at radius 2 is 0.632 bits per heavy atom. The van der Waals surface area contributed by atoms with Crippen molar-refractivity contribution in [1.82, 2.24) is 5.32 Å². The molecule has 2 fully saturated rings. The molecule has 0 spiro atoms. The molecule has 1 amide bonds. The highest BCUT2D eigenvalue weighted by Crippen LogP contribution is 2.31. The smallest absolute Gasteiger partial charge is 0.220 e. The summed E-state index contributed by atoms with van der Waals surface area (Å²) in [6, 6.07) is -0.934. The van der Waals surface area contributed by atoms with Crippen molar-refractivity contribution >= 4 is 5.91 Å². The maximum absolute atomic E-state index is 13.4. The van der Waals surface area contributed by atoms with E-state index in [-0.39, 0.29) is 18.9 Å². The molecule has 0 aromatic rings. The van der Waals surface area contributed by atoms with Crippen LogP contribution in [-0.4, -0.2) is 140 Å². The minimum Gasteiger partial charge on any atom is -0.394 e. The summed E-state index contributed by atoms with van der Waals surface area (Å²) in [5.41, 5.74) is 0. The summed E-state index contributed by atoms with van der Waals surface area (Å²) >= 11 is 0. The van der Waals surface area contributed by atoms with Gasteiger partial charge in [-0.05, 0) is 70.6 Å². The fourth-order valence-electron chi connectivity index (χ4n) is 15.0. The molecule has 2 saturated heterocycles. The molecule has 12 atom stereocenters. The number of hydrogen-bond acceptors (Lipinski definition) is 13. The van der Waals surface area contributed by atoms with E-state index in [1.165, 1.54) is 347 Å². The average molecular weight is 1500 g/mol. The number of aliphatic hydroxyl groups is 8. The summed E-state index contributed by atoms with van der Waals surface area (Å²) in [5, 5.41) is 87.9. The van der Waals surface area contributed by atoms with Crippen molar-refractivity contribution < 1.29 is 64.6 Å². The van der Waals surface area contributed by atoms with Gasteiger partial charge in [-0.3, -0.25) is 4.79 Å². The molecule has 0 aliphatic carbocycles. The third-order valence-corrected chi connectivity index (χ3v) is 22.2. The van der Waals surface area contributed by atoms with Crippen LogP contribution in [0.25, 0.3) is 0 Å². The van der Waals surface area contributed by atoms with Crippen molar-refractivity contribution in [3.63, 3.8) is 0 Å². The van der Waals surface area contributed by atoms with E-state index in [0.29, 0.717) is 12.8 Å². The van der Waals surface area contributed by atoms with Gasteiger partial charge >= 0.3 is 0 Å². The van der Waals surface area contributed by atoms with Gasteiger partial charge in [0.15, 0.2) is 12.6 Å². The maximum atomic E-state index is 13.4. The first kappa shape index (κ1) is 99.8. The standard InChI is InChI=1S/C92H171NO13/c1-3-5-7-9-11-13-15-17-19-21-23-25-27-29-31-33-35-37-38-39-40-41-42-44-46-48-50-52-54-56-58-60-62-64-66-68-70-72-74-76-84(97)93-80(79-103-91-89(102)87(100)90(83(78-95)105-91)106-92-88(101)86(99)85(98)82(77-94)104-92)81(96)75-73-71-69-67-65-63-61-59-57-55-53-51-49-47-45-43-36-34-32-30-28-26-24-22-20-18-16-14-12-10-8-6-4-2/h15,17,21,23,27,29,65,67,73,75,80-83,85-92,94-96,98-102H,3-14,16,18-20,22,24-26,28,30-64,66,68-72,74,76-79H2,1-2H3,(H,93,97)/b17-15-,23-21-,29-27-,67-65+,75-73+. The number of aliphatic hydroxyl groups excluding tert-OH is 8. The zero-order chi connectivity index (χ0) is 76.5. The van der Waals surface area contributed by atoms with Crippen LogP contribution in [0.1, 0.15) is 425 Å². The van der Waals surface area contributed by atoms with E-state index < -0.39 is 86.8 Å². The summed E-state index contributed by atoms with van der Waals surface area (Å²) in [5.74, 6) is -0.241. The number of rotatable bonds is 78. The van der Waals surface area contributed by atoms with Gasteiger partial charge in [0.05, 0.1) is 32.0 Å². The summed E-state index contributed by atoms with van der Waals surface area (Å²) in [4.78, 5) is 13.4. The topological polar surface area (TPSA) is 228 Å². The van der Waals surface area contributed by atoms with Crippen LogP contribution in [-0.2, 0) is 23.7 Å². The van der Waals surface area contributed by atoms with Crippen molar-refractivity contribution in [3.05, 3.63) is 60.8 Å². The van der Waals surface area contributed by atoms with Gasteiger partial charge in [-0.2, -0.15) is 0 Å². The van der Waals surface area contributed by atoms with E-state index >= 15 is 0 Å². The highest BCUT2D eigenvalue weighted by molar-refractivity contribution is 5.76. The second-order valence-corrected chi connectivity index (χ2v) is 32.1. The lowest BCUT2D eigenvalue weighted by Gasteiger charge is -2.46. The Morgan fingerprint density at radius 1 is 0.340 bits per heavy atom. The number of carbonyl (C=O) groups is 1. The van der Waals surface area contributed by atoms with Gasteiger partial charge in [-0.15, -0.1) is 0 Å². The van der Waals surface area contributed by atoms with E-state index in [0.717, 1.165) is 44.9 Å². The molecule has 14 heteroatoms. The lowest BCUT2D eigenvalue weighted by atomic mass is 9.97. The average Bonchev–Trinajstić information content (AvgIpc) is 0.789. The van der Waals surface area contributed by atoms with Gasteiger partial charge in [-0.25, -0.2) is 0 Å². The van der Waals surface area contributed by atoms with Crippen LogP contribution in [0.3, 0.4) is 0 Å². The van der Waals surface area contributed by atoms with Crippen LogP contribution >= 0.6 is 0 Å². The normalized spacial score (nSPS) is 21.5. The van der Waals surface area contributed by atoms with Crippen molar-refractivity contribution in [3.8, 4) is 0 Å². The second kappa shape index (κ2) is 75.4. The molecule has 9 N–H and O–H groups in total. The zero-order valence-corrected chi connectivity index (χ0v) is 68.7. The van der Waals surface area contributed by atoms with E-state index in [1.807, 2.05) is 6.08 Å². The fraction of sp³-hybridized carbons (Fsp3) is 0.880. The third kappa shape index (κ3) is 56.8. The van der Waals surface area contributed by atoms with E-state index in [2.05, 4.69) is 67.8 Å². The van der Waals surface area contributed by atoms with Crippen LogP contribution in [0.5, 0.6) is 0 Å². The van der Waals surface area contributed by atoms with Crippen molar-refractivity contribution in [1.29, 1.82) is 0 Å². The molecule has 0 aromatic heterocycles. The molecule has 0 saturated carbocycles. The van der Waals surface area contributed by atoms with Gasteiger partial charge in [0, 0.05) is 6.42 Å². The number of ether oxygens (including phenoxy) is 4. The number of hydrogen-bond donors (Lipinski definition) is 9. The Labute approximate surface area is 651 Å². The number of nitrogens with one attached hydrogen (secondary N) is 1. The quantitative estimate of drug-likeness (QED) is 0.0204. The number of unbranched alkanes of at least 4 members (excludes halogenated alkanes) is 57. The van der Waals surface area contributed by atoms with Gasteiger partial charge in [0.1, 0.15) is 48.8 Å². The Hall–Kier alpha value is -2.31. The lowest BCUT2D eigenvalue weighted by molar-refractivity contribution is -0.359. The molecule has 2 rings (SSSR count). The summed E-state index contributed by atoms with van der Waals surface area (Å²) < 4.78 is 23.0. The zero-order valence-electron chi connectivity index (χ0n) is 68.7. The van der Waals surface area contributed by atoms with E-state index in [1.54, 1.807) is 6.08 Å². The van der Waals surface area contributed by atoms with Gasteiger partial charge < -0.3 is 65.1 Å². The number of allylic oxidation sites excluding steroid dienone is 9. The molecule has 0 radical (unpaired) electrons. The van der Waals surface area contributed by atoms with Gasteiger partial charge in [-0.1, -0.05) is 408 Å². The highest BCUT2D eigenvalue weighted by atomic mass is 16.7. The number of carbonyl (C=O) groups excluding carboxylic acids is 1. The van der Waals surface area contributed by atoms with Gasteiger partial charge in [0.2, 0.25) is 5.91 Å². The van der Waals surface area contributed by atoms with E-state index in [4.69, 9.17) is 18.9 Å². The first-order valence-electron chi connectivity index (χ1n) is 45.5. The van der Waals surface area contributed by atoms with Crippen LogP contribution in [0, 0.1) is 0 Å². The van der Waals surface area contributed by atoms with Crippen LogP contribution in [0.2, 0.25) is 0 Å². The fourth-order valence-corrected chi connectivity index (χ4v) is 15.0. The Balaban J connectivity index is 1.57. The highest BCUT2D eigenvalue weighted by Gasteiger charge is 2.51. The molecule has 2 aliphatic heterocycles. The summed E-state index contributed by atoms with van der Waals surface area (Å²) in [6.45, 7) is 2.84. The molecule has 12 unspecified atom stereocenters. The van der Waals surface area contributed by atoms with Gasteiger partial charge in [0.25, 0.3) is 0 Å². The minimum absolute atomic E-state index is 0.241. The molecule has 2 heterocycles. The maximum Gasteiger partial charge on any atom is 0.220 e. The molecular weight excluding hydrogens is 1330 g/mol. The predicted octanol–water partition coefficient (Wildman–Crippen LogP) is 22.3. The van der Waals surface area contributed by atoms with Crippen molar-refractivity contribution in [2.75, 3.05) is 19.8 Å². The minimum atomic E-state index is -1.79. The predicted molar refractivity (Wildman–Crippen MR) is 443 cm³/mol. The first-order chi connectivity index (χ1) is 52.1. The SMILES string of the molecule is CCCCCCC/C=C\C/C=C\C/C=C\CCCCCCCCCCCCCCCCCCCCCCCCCCC(=O)NC(COC1OC(CO)C(OC2OC(CO)C(O)C(O)C2O)C(O)C1O)C(O)/C=C/CC/C=C/CCCCCCCCCCCCCCCCCCCCCCCCCCCCC. The van der Waals surface area contributed by atoms with Crippen LogP contribution in [0.4, 0.5) is 0 Å². The lowest BCUT2D eigenvalue weighted by Crippen LogP contribution is -2.65. The van der Waals surface area contributed by atoms with Crippen molar-refractivity contribution in [2.24, 2.45) is 0 Å². The van der Waals surface area contributed by atoms with E-state index in [9.17, 15) is 45.6 Å². The molecule has 14 nitrogen and oxygen atoms in total. The van der Waals surface area contributed by atoms with Crippen LogP contribution < -0.4 is 5.32 Å². The molecule has 0 bridgehead atoms. The second-order valence-electron chi connectivity index (χ2n) is 32.1. The summed E-state index contributed by atoms with van der Waals surface area (Å²) in [6.07, 6.45) is 87.8. The third-order valence-electron chi connectivity index (χ3n) is 22.2. The first-order valence-corrected chi connectivity index (χ1v) is 45.5. The Kier molecular flexibility index (Phi) is 70.9. The van der Waals surface area contributed by atoms with Crippen molar-refractivity contribution in [2.45, 2.75) is 498 Å². The summed E-state index contributed by atoms with van der Waals surface area (Å²) in [7, 11) is 0. The number of amides is 1. The van der Waals surface area contributed by atoms with Crippen LogP contribution in [0.15, 0.2) is 60.8 Å². The molecule has 0 aromatic carbocycles. The molecule has 106 heavy (non-hydrogen) atoms. The molecule has 622 valence electrons. The largest absolute Gasteiger partial charge is 0.394 e. The Morgan fingerprint density at radius 3 is 0.991 bits per heavy atom. The Bertz CT molecular complexity index is 2020.